The van der Waals surface area contributed by atoms with Gasteiger partial charge in [0.2, 0.25) is 5.13 Å². The van der Waals surface area contributed by atoms with Crippen molar-refractivity contribution in [1.82, 2.24) is 10.4 Å². The highest BCUT2D eigenvalue weighted by atomic mass is 35.5. The van der Waals surface area contributed by atoms with E-state index >= 15 is 0 Å². The maximum atomic E-state index is 12.0. The molecule has 0 unspecified atom stereocenters. The molecule has 5 nitrogen and oxygen atoms in total. The monoisotopic (exact) mass is 359 g/mol. The molecule has 0 spiro atoms. The lowest BCUT2D eigenvalue weighted by atomic mass is 10.2. The van der Waals surface area contributed by atoms with Gasteiger partial charge >= 0.3 is 0 Å². The molecule has 24 heavy (non-hydrogen) atoms. The topological polar surface area (TPSA) is 63.2 Å². The van der Waals surface area contributed by atoms with Gasteiger partial charge < -0.3 is 4.74 Å². The highest BCUT2D eigenvalue weighted by Gasteiger charge is 2.08. The molecular formula is C17H14ClN3O2S. The van der Waals surface area contributed by atoms with Gasteiger partial charge in [0, 0.05) is 21.5 Å². The van der Waals surface area contributed by atoms with Crippen molar-refractivity contribution in [1.29, 1.82) is 0 Å². The van der Waals surface area contributed by atoms with Crippen LogP contribution in [-0.2, 0) is 0 Å². The van der Waals surface area contributed by atoms with Gasteiger partial charge in [0.25, 0.3) is 5.91 Å². The Labute approximate surface area is 148 Å². The number of rotatable bonds is 5. The number of carbonyl (C=O) groups excluding carboxylic acids is 1. The van der Waals surface area contributed by atoms with Crippen LogP contribution in [-0.4, -0.2) is 18.0 Å². The molecule has 0 aliphatic carbocycles. The van der Waals surface area contributed by atoms with Crippen molar-refractivity contribution in [2.24, 2.45) is 0 Å². The molecule has 0 aliphatic heterocycles. The summed E-state index contributed by atoms with van der Waals surface area (Å²) in [6.07, 6.45) is 0. The van der Waals surface area contributed by atoms with E-state index in [1.807, 2.05) is 29.6 Å². The largest absolute Gasteiger partial charge is 0.497 e. The number of carbonyl (C=O) groups is 1. The predicted molar refractivity (Wildman–Crippen MR) is 96.6 cm³/mol. The first-order valence-electron chi connectivity index (χ1n) is 7.07. The van der Waals surface area contributed by atoms with Crippen molar-refractivity contribution in [2.45, 2.75) is 0 Å². The number of ether oxygens (including phenoxy) is 1. The van der Waals surface area contributed by atoms with E-state index in [1.165, 1.54) is 11.3 Å². The van der Waals surface area contributed by atoms with Gasteiger partial charge in [-0.05, 0) is 48.5 Å². The molecular weight excluding hydrogens is 346 g/mol. The molecule has 0 saturated carbocycles. The van der Waals surface area contributed by atoms with Crippen molar-refractivity contribution in [3.63, 3.8) is 0 Å². The summed E-state index contributed by atoms with van der Waals surface area (Å²) in [6, 6.07) is 14.3. The molecule has 0 atom stereocenters. The lowest BCUT2D eigenvalue weighted by Crippen LogP contribution is -2.29. The molecule has 0 aliphatic rings. The summed E-state index contributed by atoms with van der Waals surface area (Å²) in [5.41, 5.74) is 7.75. The number of thiazole rings is 1. The van der Waals surface area contributed by atoms with Gasteiger partial charge in [-0.3, -0.25) is 15.6 Å². The van der Waals surface area contributed by atoms with Crippen LogP contribution in [0.15, 0.2) is 53.9 Å². The average molecular weight is 360 g/mol. The van der Waals surface area contributed by atoms with E-state index in [2.05, 4.69) is 15.8 Å². The van der Waals surface area contributed by atoms with E-state index in [0.717, 1.165) is 17.0 Å². The highest BCUT2D eigenvalue weighted by Crippen LogP contribution is 2.26. The fourth-order valence-electron chi connectivity index (χ4n) is 2.01. The number of hydrogen-bond acceptors (Lipinski definition) is 5. The number of amides is 1. The maximum absolute atomic E-state index is 12.0. The number of nitrogens with one attached hydrogen (secondary N) is 2. The number of benzene rings is 2. The maximum Gasteiger partial charge on any atom is 0.269 e. The smallest absolute Gasteiger partial charge is 0.269 e. The highest BCUT2D eigenvalue weighted by molar-refractivity contribution is 7.14. The normalized spacial score (nSPS) is 10.2. The minimum Gasteiger partial charge on any atom is -0.497 e. The lowest BCUT2D eigenvalue weighted by Gasteiger charge is -2.05. The Balaban J connectivity index is 1.63. The third-order valence-electron chi connectivity index (χ3n) is 3.28. The van der Waals surface area contributed by atoms with Crippen molar-refractivity contribution < 1.29 is 9.53 Å². The SMILES string of the molecule is COc1ccc(-c2csc(NNC(=O)c3ccc(Cl)cc3)n2)cc1. The average Bonchev–Trinajstić information content (AvgIpc) is 3.09. The van der Waals surface area contributed by atoms with E-state index in [4.69, 9.17) is 16.3 Å². The van der Waals surface area contributed by atoms with Crippen LogP contribution in [0.3, 0.4) is 0 Å². The molecule has 0 bridgehead atoms. The van der Waals surface area contributed by atoms with Crippen LogP contribution < -0.4 is 15.6 Å². The zero-order valence-corrected chi connectivity index (χ0v) is 14.3. The van der Waals surface area contributed by atoms with E-state index in [1.54, 1.807) is 31.4 Å². The Bertz CT molecular complexity index is 832. The Morgan fingerprint density at radius 1 is 1.12 bits per heavy atom. The van der Waals surface area contributed by atoms with Gasteiger partial charge in [-0.15, -0.1) is 11.3 Å². The summed E-state index contributed by atoms with van der Waals surface area (Å²) in [5.74, 6) is 0.537. The number of anilines is 1. The number of nitrogens with zero attached hydrogens (tertiary/aromatic N) is 1. The number of hydrogen-bond donors (Lipinski definition) is 2. The predicted octanol–water partition coefficient (Wildman–Crippen LogP) is 4.23. The molecule has 0 radical (unpaired) electrons. The molecule has 3 rings (SSSR count). The second-order valence-electron chi connectivity index (χ2n) is 4.85. The van der Waals surface area contributed by atoms with Crippen LogP contribution in [0.25, 0.3) is 11.3 Å². The van der Waals surface area contributed by atoms with Crippen molar-refractivity contribution >= 4 is 34.0 Å². The van der Waals surface area contributed by atoms with Crippen LogP contribution in [0, 0.1) is 0 Å². The number of aromatic nitrogens is 1. The minimum atomic E-state index is -0.257. The quantitative estimate of drug-likeness (QED) is 0.669. The Morgan fingerprint density at radius 2 is 1.83 bits per heavy atom. The van der Waals surface area contributed by atoms with Gasteiger partial charge in [-0.2, -0.15) is 0 Å². The summed E-state index contributed by atoms with van der Waals surface area (Å²) in [5, 5.41) is 3.10. The molecule has 1 aromatic heterocycles. The molecule has 2 aromatic carbocycles. The van der Waals surface area contributed by atoms with Crippen LogP contribution in [0.5, 0.6) is 5.75 Å². The van der Waals surface area contributed by atoms with Crippen LogP contribution in [0.2, 0.25) is 5.02 Å². The zero-order valence-electron chi connectivity index (χ0n) is 12.7. The van der Waals surface area contributed by atoms with Gasteiger partial charge in [0.1, 0.15) is 5.75 Å². The molecule has 3 aromatic rings. The molecule has 0 saturated heterocycles. The van der Waals surface area contributed by atoms with Crippen LogP contribution in [0.1, 0.15) is 10.4 Å². The lowest BCUT2D eigenvalue weighted by molar-refractivity contribution is 0.0962. The Morgan fingerprint density at radius 3 is 2.50 bits per heavy atom. The Kier molecular flexibility index (Phi) is 4.98. The third-order valence-corrected chi connectivity index (χ3v) is 4.29. The first-order valence-corrected chi connectivity index (χ1v) is 8.33. The fourth-order valence-corrected chi connectivity index (χ4v) is 2.81. The zero-order chi connectivity index (χ0) is 16.9. The van der Waals surface area contributed by atoms with Crippen molar-refractivity contribution in [3.05, 3.63) is 64.5 Å². The molecule has 122 valence electrons. The number of hydrazine groups is 1. The van der Waals surface area contributed by atoms with E-state index in [0.29, 0.717) is 15.7 Å². The summed E-state index contributed by atoms with van der Waals surface area (Å²) >= 11 is 7.21. The van der Waals surface area contributed by atoms with Crippen LogP contribution in [0.4, 0.5) is 5.13 Å². The molecule has 2 N–H and O–H groups in total. The van der Waals surface area contributed by atoms with Crippen molar-refractivity contribution in [2.75, 3.05) is 12.5 Å². The summed E-state index contributed by atoms with van der Waals surface area (Å²) in [7, 11) is 1.63. The van der Waals surface area contributed by atoms with Gasteiger partial charge in [0.05, 0.1) is 12.8 Å². The molecule has 1 heterocycles. The molecule has 7 heteroatoms. The summed E-state index contributed by atoms with van der Waals surface area (Å²) < 4.78 is 5.14. The minimum absolute atomic E-state index is 0.257. The fraction of sp³-hybridized carbons (Fsp3) is 0.0588. The van der Waals surface area contributed by atoms with Crippen LogP contribution >= 0.6 is 22.9 Å². The van der Waals surface area contributed by atoms with E-state index < -0.39 is 0 Å². The summed E-state index contributed by atoms with van der Waals surface area (Å²) in [6.45, 7) is 0. The number of halogens is 1. The molecule has 0 fully saturated rings. The van der Waals surface area contributed by atoms with Crippen molar-refractivity contribution in [3.8, 4) is 17.0 Å². The third kappa shape index (κ3) is 3.84. The Hall–Kier alpha value is -2.57. The first kappa shape index (κ1) is 16.3. The van der Waals surface area contributed by atoms with E-state index in [-0.39, 0.29) is 5.91 Å². The second-order valence-corrected chi connectivity index (χ2v) is 6.15. The molecule has 1 amide bonds. The van der Waals surface area contributed by atoms with Gasteiger partial charge in [0.15, 0.2) is 0 Å². The number of methoxy groups -OCH3 is 1. The first-order chi connectivity index (χ1) is 11.7. The standard InChI is InChI=1S/C17H14ClN3O2S/c1-23-14-8-4-11(5-9-14)15-10-24-17(19-15)21-20-16(22)12-2-6-13(18)7-3-12/h2-10H,1H3,(H,19,21)(H,20,22). The second kappa shape index (κ2) is 7.33. The summed E-state index contributed by atoms with van der Waals surface area (Å²) in [4.78, 5) is 16.5. The van der Waals surface area contributed by atoms with Gasteiger partial charge in [-0.1, -0.05) is 11.6 Å². The van der Waals surface area contributed by atoms with Gasteiger partial charge in [-0.25, -0.2) is 4.98 Å². The van der Waals surface area contributed by atoms with E-state index in [9.17, 15) is 4.79 Å².